The number of ether oxygens (including phenoxy) is 1. The Bertz CT molecular complexity index is 531. The smallest absolute Gasteiger partial charge is 0.344 e. The lowest BCUT2D eigenvalue weighted by Gasteiger charge is -2.32. The summed E-state index contributed by atoms with van der Waals surface area (Å²) in [6.07, 6.45) is 1.17. The van der Waals surface area contributed by atoms with Crippen molar-refractivity contribution in [3.05, 3.63) is 33.9 Å². The number of esters is 1. The lowest BCUT2D eigenvalue weighted by molar-refractivity contribution is -0.385. The molecule has 7 nitrogen and oxygen atoms in total. The van der Waals surface area contributed by atoms with Gasteiger partial charge in [0.15, 0.2) is 0 Å². The molecular formula is C13H16N2O5. The molecule has 108 valence electrons. The molecular weight excluding hydrogens is 264 g/mol. The van der Waals surface area contributed by atoms with E-state index in [4.69, 9.17) is 0 Å². The van der Waals surface area contributed by atoms with Crippen molar-refractivity contribution in [1.29, 1.82) is 0 Å². The minimum Gasteiger partial charge on any atom is -0.465 e. The summed E-state index contributed by atoms with van der Waals surface area (Å²) in [5.74, 6) is -0.740. The highest BCUT2D eigenvalue weighted by Crippen LogP contribution is 2.27. The number of nitro benzene ring substituents is 1. The van der Waals surface area contributed by atoms with Crippen LogP contribution in [0.15, 0.2) is 18.2 Å². The van der Waals surface area contributed by atoms with Gasteiger partial charge in [-0.15, -0.1) is 0 Å². The number of nitrogens with zero attached hydrogens (tertiary/aromatic N) is 2. The van der Waals surface area contributed by atoms with E-state index < -0.39 is 17.0 Å². The van der Waals surface area contributed by atoms with Crippen LogP contribution in [0.5, 0.6) is 0 Å². The Kier molecular flexibility index (Phi) is 4.19. The van der Waals surface area contributed by atoms with Crippen LogP contribution in [0.25, 0.3) is 0 Å². The molecule has 0 aliphatic carbocycles. The van der Waals surface area contributed by atoms with E-state index in [1.54, 1.807) is 6.07 Å². The number of anilines is 1. The van der Waals surface area contributed by atoms with E-state index in [0.29, 0.717) is 12.2 Å². The zero-order valence-corrected chi connectivity index (χ0v) is 11.1. The van der Waals surface area contributed by atoms with Gasteiger partial charge in [-0.3, -0.25) is 10.1 Å². The van der Waals surface area contributed by atoms with Crippen LogP contribution in [-0.2, 0) is 4.74 Å². The second kappa shape index (κ2) is 5.87. The van der Waals surface area contributed by atoms with Crippen molar-refractivity contribution in [3.8, 4) is 0 Å². The molecule has 1 N–H and O–H groups in total. The van der Waals surface area contributed by atoms with Crippen molar-refractivity contribution < 1.29 is 19.6 Å². The summed E-state index contributed by atoms with van der Waals surface area (Å²) in [7, 11) is 1.18. The molecule has 1 aromatic carbocycles. The predicted molar refractivity (Wildman–Crippen MR) is 71.9 cm³/mol. The number of hydrogen-bond donors (Lipinski definition) is 1. The van der Waals surface area contributed by atoms with Crippen LogP contribution in [0, 0.1) is 10.1 Å². The number of rotatable bonds is 3. The number of methoxy groups -OCH3 is 1. The molecule has 1 aromatic rings. The second-order valence-electron chi connectivity index (χ2n) is 4.69. The highest BCUT2D eigenvalue weighted by molar-refractivity contribution is 5.95. The Balaban J connectivity index is 2.36. The minimum atomic E-state index is -0.740. The zero-order valence-electron chi connectivity index (χ0n) is 11.1. The summed E-state index contributed by atoms with van der Waals surface area (Å²) in [6.45, 7) is 1.20. The lowest BCUT2D eigenvalue weighted by Crippen LogP contribution is -2.38. The summed E-state index contributed by atoms with van der Waals surface area (Å²) < 4.78 is 4.58. The molecule has 0 spiro atoms. The molecule has 2 rings (SSSR count). The van der Waals surface area contributed by atoms with Crippen molar-refractivity contribution >= 4 is 17.3 Å². The molecule has 1 saturated heterocycles. The number of β-amino-alcohol motifs (C(OH)–C–C–N with tert-alkyl or cyclic N) is 1. The van der Waals surface area contributed by atoms with Gasteiger partial charge in [0.1, 0.15) is 5.56 Å². The number of benzene rings is 1. The van der Waals surface area contributed by atoms with Gasteiger partial charge in [-0.2, -0.15) is 0 Å². The molecule has 20 heavy (non-hydrogen) atoms. The number of carbonyl (C=O) groups excluding carboxylic acids is 1. The molecule has 1 aliphatic rings. The van der Waals surface area contributed by atoms with Gasteiger partial charge >= 0.3 is 5.97 Å². The van der Waals surface area contributed by atoms with E-state index in [-0.39, 0.29) is 11.3 Å². The molecule has 1 atom stereocenters. The van der Waals surface area contributed by atoms with Crippen LogP contribution >= 0.6 is 0 Å². The Morgan fingerprint density at radius 3 is 2.90 bits per heavy atom. The summed E-state index contributed by atoms with van der Waals surface area (Å²) in [6, 6.07) is 4.33. The second-order valence-corrected chi connectivity index (χ2v) is 4.69. The first-order chi connectivity index (χ1) is 9.52. The maximum atomic E-state index is 11.6. The van der Waals surface area contributed by atoms with Crippen LogP contribution in [-0.4, -0.2) is 42.3 Å². The lowest BCUT2D eigenvalue weighted by atomic mass is 10.1. The first-order valence-electron chi connectivity index (χ1n) is 6.32. The summed E-state index contributed by atoms with van der Waals surface area (Å²) in [5.41, 5.74) is 0.322. The fourth-order valence-electron chi connectivity index (χ4n) is 2.34. The topological polar surface area (TPSA) is 92.9 Å². The summed E-state index contributed by atoms with van der Waals surface area (Å²) >= 11 is 0. The van der Waals surface area contributed by atoms with Crippen molar-refractivity contribution in [2.24, 2.45) is 0 Å². The summed E-state index contributed by atoms with van der Waals surface area (Å²) in [5, 5.41) is 20.6. The molecule has 0 aromatic heterocycles. The number of piperidine rings is 1. The maximum Gasteiger partial charge on any atom is 0.344 e. The fraction of sp³-hybridized carbons (Fsp3) is 0.462. The van der Waals surface area contributed by atoms with Gasteiger partial charge in [-0.25, -0.2) is 4.79 Å². The van der Waals surface area contributed by atoms with Gasteiger partial charge in [0.25, 0.3) is 5.69 Å². The third kappa shape index (κ3) is 2.88. The van der Waals surface area contributed by atoms with E-state index >= 15 is 0 Å². The van der Waals surface area contributed by atoms with Gasteiger partial charge in [0, 0.05) is 24.8 Å². The van der Waals surface area contributed by atoms with Crippen molar-refractivity contribution in [2.45, 2.75) is 18.9 Å². The third-order valence-electron chi connectivity index (χ3n) is 3.34. The fourth-order valence-corrected chi connectivity index (χ4v) is 2.34. The van der Waals surface area contributed by atoms with Gasteiger partial charge in [0.2, 0.25) is 0 Å². The maximum absolute atomic E-state index is 11.6. The van der Waals surface area contributed by atoms with Crippen LogP contribution < -0.4 is 4.90 Å². The molecule has 0 radical (unpaired) electrons. The quantitative estimate of drug-likeness (QED) is 0.510. The van der Waals surface area contributed by atoms with Gasteiger partial charge in [-0.1, -0.05) is 0 Å². The molecule has 0 saturated carbocycles. The van der Waals surface area contributed by atoms with Crippen LogP contribution in [0.4, 0.5) is 11.4 Å². The van der Waals surface area contributed by atoms with Crippen LogP contribution in [0.3, 0.4) is 0 Å². The summed E-state index contributed by atoms with van der Waals surface area (Å²) in [4.78, 5) is 23.9. The molecule has 1 fully saturated rings. The minimum absolute atomic E-state index is 0.0740. The van der Waals surface area contributed by atoms with Gasteiger partial charge in [-0.05, 0) is 25.0 Å². The number of hydrogen-bond acceptors (Lipinski definition) is 6. The molecule has 0 bridgehead atoms. The number of aliphatic hydroxyl groups excluding tert-OH is 1. The van der Waals surface area contributed by atoms with E-state index in [1.807, 2.05) is 4.90 Å². The molecule has 1 unspecified atom stereocenters. The third-order valence-corrected chi connectivity index (χ3v) is 3.34. The van der Waals surface area contributed by atoms with E-state index in [2.05, 4.69) is 4.74 Å². The average Bonchev–Trinajstić information content (AvgIpc) is 2.45. The van der Waals surface area contributed by atoms with Crippen molar-refractivity contribution in [2.75, 3.05) is 25.1 Å². The average molecular weight is 280 g/mol. The van der Waals surface area contributed by atoms with Crippen molar-refractivity contribution in [1.82, 2.24) is 0 Å². The molecule has 7 heteroatoms. The zero-order chi connectivity index (χ0) is 14.7. The van der Waals surface area contributed by atoms with Crippen molar-refractivity contribution in [3.63, 3.8) is 0 Å². The normalized spacial score (nSPS) is 18.7. The van der Waals surface area contributed by atoms with Gasteiger partial charge < -0.3 is 14.7 Å². The predicted octanol–water partition coefficient (Wildman–Crippen LogP) is 1.34. The first kappa shape index (κ1) is 14.3. The SMILES string of the molecule is COC(=O)c1cc(N2CCCC(O)C2)ccc1[N+](=O)[O-]. The molecule has 1 heterocycles. The first-order valence-corrected chi connectivity index (χ1v) is 6.32. The monoisotopic (exact) mass is 280 g/mol. The molecule has 1 aliphatic heterocycles. The van der Waals surface area contributed by atoms with Crippen LogP contribution in [0.1, 0.15) is 23.2 Å². The van der Waals surface area contributed by atoms with E-state index in [9.17, 15) is 20.0 Å². The van der Waals surface area contributed by atoms with Crippen LogP contribution in [0.2, 0.25) is 0 Å². The van der Waals surface area contributed by atoms with E-state index in [1.165, 1.54) is 19.2 Å². The van der Waals surface area contributed by atoms with Gasteiger partial charge in [0.05, 0.1) is 18.1 Å². The Hall–Kier alpha value is -2.15. The largest absolute Gasteiger partial charge is 0.465 e. The molecule has 0 amide bonds. The standard InChI is InChI=1S/C13H16N2O5/c1-20-13(17)11-7-9(4-5-12(11)15(18)19)14-6-2-3-10(16)8-14/h4-5,7,10,16H,2-3,6,8H2,1H3. The highest BCUT2D eigenvalue weighted by atomic mass is 16.6. The number of aliphatic hydroxyl groups is 1. The number of nitro groups is 1. The highest BCUT2D eigenvalue weighted by Gasteiger charge is 2.24. The number of carbonyl (C=O) groups is 1. The Morgan fingerprint density at radius 2 is 2.30 bits per heavy atom. The Labute approximate surface area is 115 Å². The van der Waals surface area contributed by atoms with E-state index in [0.717, 1.165) is 19.4 Å². The Morgan fingerprint density at radius 1 is 1.55 bits per heavy atom.